The Hall–Kier alpha value is -3.21. The molecule has 21 heavy (non-hydrogen) atoms. The summed E-state index contributed by atoms with van der Waals surface area (Å²) >= 11 is 0. The molecule has 1 heterocycles. The van der Waals surface area contributed by atoms with Gasteiger partial charge in [-0.3, -0.25) is 19.6 Å². The summed E-state index contributed by atoms with van der Waals surface area (Å²) in [5.41, 5.74) is 0.338. The lowest BCUT2D eigenvalue weighted by Gasteiger charge is -2.08. The van der Waals surface area contributed by atoms with Gasteiger partial charge in [-0.1, -0.05) is 12.1 Å². The highest BCUT2D eigenvalue weighted by Gasteiger charge is 2.23. The molecule has 0 fully saturated rings. The summed E-state index contributed by atoms with van der Waals surface area (Å²) in [4.78, 5) is 22.7. The molecule has 1 aromatic heterocycles. The van der Waals surface area contributed by atoms with Gasteiger partial charge in [0.05, 0.1) is 11.1 Å². The van der Waals surface area contributed by atoms with Gasteiger partial charge in [-0.15, -0.1) is 0 Å². The third kappa shape index (κ3) is 2.57. The molecule has 1 amide bonds. The minimum Gasteiger partial charge on any atom is -0.305 e. The Labute approximate surface area is 119 Å². The van der Waals surface area contributed by atoms with E-state index >= 15 is 0 Å². The van der Waals surface area contributed by atoms with Gasteiger partial charge in [-0.25, -0.2) is 0 Å². The van der Waals surface area contributed by atoms with Crippen LogP contribution >= 0.6 is 0 Å². The predicted octanol–water partition coefficient (Wildman–Crippen LogP) is 1.76. The monoisotopic (exact) mass is 285 g/mol. The number of nitrogens with one attached hydrogen (secondary N) is 1. The molecule has 106 valence electrons. The van der Waals surface area contributed by atoms with Crippen LogP contribution in [0, 0.1) is 28.4 Å². The van der Waals surface area contributed by atoms with Crippen LogP contribution in [0.25, 0.3) is 0 Å². The van der Waals surface area contributed by atoms with Crippen LogP contribution in [-0.2, 0) is 7.05 Å². The Kier molecular flexibility index (Phi) is 3.67. The largest absolute Gasteiger partial charge is 0.305 e. The maximum atomic E-state index is 12.3. The number of hydrogen-bond donors (Lipinski definition) is 1. The lowest BCUT2D eigenvalue weighted by Crippen LogP contribution is -2.18. The van der Waals surface area contributed by atoms with Crippen LogP contribution in [0.15, 0.2) is 24.4 Å². The zero-order chi connectivity index (χ0) is 15.6. The van der Waals surface area contributed by atoms with E-state index in [1.807, 2.05) is 6.07 Å². The van der Waals surface area contributed by atoms with Gasteiger partial charge < -0.3 is 5.32 Å². The molecule has 8 heteroatoms. The summed E-state index contributed by atoms with van der Waals surface area (Å²) < 4.78 is 1.32. The van der Waals surface area contributed by atoms with Crippen LogP contribution < -0.4 is 5.32 Å². The minimum atomic E-state index is -0.653. The lowest BCUT2D eigenvalue weighted by molar-refractivity contribution is -0.385. The van der Waals surface area contributed by atoms with Gasteiger partial charge in [0.2, 0.25) is 0 Å². The molecule has 0 atom stereocenters. The number of benzene rings is 1. The van der Waals surface area contributed by atoms with Crippen LogP contribution in [0.4, 0.5) is 11.5 Å². The van der Waals surface area contributed by atoms with Crippen molar-refractivity contribution in [2.45, 2.75) is 6.92 Å². The van der Waals surface area contributed by atoms with Gasteiger partial charge in [0.1, 0.15) is 23.0 Å². The van der Waals surface area contributed by atoms with Gasteiger partial charge in [0, 0.05) is 13.1 Å². The van der Waals surface area contributed by atoms with Crippen molar-refractivity contribution in [2.75, 3.05) is 5.32 Å². The molecular formula is C13H11N5O3. The Morgan fingerprint density at radius 3 is 2.86 bits per heavy atom. The molecule has 0 saturated heterocycles. The molecular weight excluding hydrogens is 274 g/mol. The molecule has 2 rings (SSSR count). The number of nitro groups is 1. The fraction of sp³-hybridized carbons (Fsp3) is 0.154. The Morgan fingerprint density at radius 2 is 2.24 bits per heavy atom. The maximum absolute atomic E-state index is 12.3. The van der Waals surface area contributed by atoms with Crippen LogP contribution in [-0.4, -0.2) is 20.6 Å². The first-order valence-electron chi connectivity index (χ1n) is 5.93. The van der Waals surface area contributed by atoms with E-state index < -0.39 is 10.8 Å². The van der Waals surface area contributed by atoms with E-state index in [1.54, 1.807) is 20.0 Å². The van der Waals surface area contributed by atoms with Gasteiger partial charge in [0.25, 0.3) is 11.6 Å². The summed E-state index contributed by atoms with van der Waals surface area (Å²) in [6.07, 6.45) is 1.31. The van der Waals surface area contributed by atoms with E-state index in [0.29, 0.717) is 5.56 Å². The van der Waals surface area contributed by atoms with Crippen molar-refractivity contribution in [1.82, 2.24) is 9.78 Å². The number of rotatable bonds is 3. The van der Waals surface area contributed by atoms with Crippen LogP contribution in [0.3, 0.4) is 0 Å². The third-order valence-electron chi connectivity index (χ3n) is 2.97. The van der Waals surface area contributed by atoms with Crippen molar-refractivity contribution in [2.24, 2.45) is 7.05 Å². The number of carbonyl (C=O) groups is 1. The van der Waals surface area contributed by atoms with E-state index in [2.05, 4.69) is 10.4 Å². The fourth-order valence-electron chi connectivity index (χ4n) is 1.94. The normalized spacial score (nSPS) is 9.95. The van der Waals surface area contributed by atoms with Crippen LogP contribution in [0.2, 0.25) is 0 Å². The molecule has 0 saturated carbocycles. The van der Waals surface area contributed by atoms with E-state index in [9.17, 15) is 14.9 Å². The van der Waals surface area contributed by atoms with Crippen molar-refractivity contribution in [3.05, 3.63) is 51.2 Å². The Balaban J connectivity index is 2.45. The zero-order valence-electron chi connectivity index (χ0n) is 11.3. The molecule has 8 nitrogen and oxygen atoms in total. The highest BCUT2D eigenvalue weighted by Crippen LogP contribution is 2.23. The first-order chi connectivity index (χ1) is 9.95. The fourth-order valence-corrected chi connectivity index (χ4v) is 1.94. The standard InChI is InChI=1S/C13H11N5O3/c1-8-4-3-5-10(18(20)21)11(8)13(19)16-12-9(6-14)7-15-17(12)2/h3-5,7H,1-2H3,(H,16,19). The SMILES string of the molecule is Cc1cccc([N+](=O)[O-])c1C(=O)Nc1c(C#N)cnn1C. The summed E-state index contributed by atoms with van der Waals surface area (Å²) in [6.45, 7) is 1.61. The second kappa shape index (κ2) is 5.42. The van der Waals surface area contributed by atoms with Gasteiger partial charge in [-0.2, -0.15) is 10.4 Å². The number of aryl methyl sites for hydroxylation is 2. The number of amides is 1. The number of nitrogens with zero attached hydrogens (tertiary/aromatic N) is 4. The minimum absolute atomic E-state index is 0.0346. The number of hydrogen-bond acceptors (Lipinski definition) is 5. The van der Waals surface area contributed by atoms with Crippen LogP contribution in [0.1, 0.15) is 21.5 Å². The van der Waals surface area contributed by atoms with Crippen molar-refractivity contribution < 1.29 is 9.72 Å². The van der Waals surface area contributed by atoms with Crippen molar-refractivity contribution in [1.29, 1.82) is 5.26 Å². The van der Waals surface area contributed by atoms with Crippen molar-refractivity contribution in [3.8, 4) is 6.07 Å². The number of nitriles is 1. The molecule has 1 N–H and O–H groups in total. The predicted molar refractivity (Wildman–Crippen MR) is 73.7 cm³/mol. The number of carbonyl (C=O) groups excluding carboxylic acids is 1. The number of aromatic nitrogens is 2. The molecule has 0 aliphatic rings. The summed E-state index contributed by atoms with van der Waals surface area (Å²) in [5.74, 6) is -0.458. The smallest absolute Gasteiger partial charge is 0.282 e. The summed E-state index contributed by atoms with van der Waals surface area (Å²) in [6, 6.07) is 6.27. The topological polar surface area (TPSA) is 114 Å². The summed E-state index contributed by atoms with van der Waals surface area (Å²) in [5, 5.41) is 26.3. The molecule has 0 unspecified atom stereocenters. The molecule has 0 aliphatic heterocycles. The molecule has 0 bridgehead atoms. The van der Waals surface area contributed by atoms with Gasteiger partial charge >= 0.3 is 0 Å². The quantitative estimate of drug-likeness (QED) is 0.681. The second-order valence-corrected chi connectivity index (χ2v) is 4.32. The maximum Gasteiger partial charge on any atom is 0.282 e. The van der Waals surface area contributed by atoms with Crippen molar-refractivity contribution >= 4 is 17.4 Å². The number of anilines is 1. The number of nitro benzene ring substituents is 1. The van der Waals surface area contributed by atoms with E-state index in [4.69, 9.17) is 5.26 Å². The highest BCUT2D eigenvalue weighted by molar-refractivity contribution is 6.08. The van der Waals surface area contributed by atoms with Crippen LogP contribution in [0.5, 0.6) is 0 Å². The van der Waals surface area contributed by atoms with Crippen molar-refractivity contribution in [3.63, 3.8) is 0 Å². The van der Waals surface area contributed by atoms with Gasteiger partial charge in [-0.05, 0) is 12.5 Å². The Bertz CT molecular complexity index is 773. The summed E-state index contributed by atoms with van der Waals surface area (Å²) in [7, 11) is 1.56. The van der Waals surface area contributed by atoms with E-state index in [1.165, 1.54) is 23.0 Å². The molecule has 0 radical (unpaired) electrons. The van der Waals surface area contributed by atoms with E-state index in [-0.39, 0.29) is 22.6 Å². The molecule has 1 aromatic carbocycles. The van der Waals surface area contributed by atoms with Gasteiger partial charge in [0.15, 0.2) is 0 Å². The average Bonchev–Trinajstić information content (AvgIpc) is 2.79. The first-order valence-corrected chi connectivity index (χ1v) is 5.93. The average molecular weight is 285 g/mol. The molecule has 0 aliphatic carbocycles. The molecule has 0 spiro atoms. The second-order valence-electron chi connectivity index (χ2n) is 4.32. The first kappa shape index (κ1) is 14.2. The highest BCUT2D eigenvalue weighted by atomic mass is 16.6. The lowest BCUT2D eigenvalue weighted by atomic mass is 10.1. The van der Waals surface area contributed by atoms with E-state index in [0.717, 1.165) is 0 Å². The molecule has 2 aromatic rings. The third-order valence-corrected chi connectivity index (χ3v) is 2.97. The zero-order valence-corrected chi connectivity index (χ0v) is 11.3. The Morgan fingerprint density at radius 1 is 1.52 bits per heavy atom.